The smallest absolute Gasteiger partial charge is 0.397 e. The highest BCUT2D eigenvalue weighted by Gasteiger charge is 2.34. The first-order valence-corrected chi connectivity index (χ1v) is 7.53. The van der Waals surface area contributed by atoms with Gasteiger partial charge < -0.3 is 16.0 Å². The second-order valence-electron chi connectivity index (χ2n) is 5.69. The van der Waals surface area contributed by atoms with Gasteiger partial charge in [0.1, 0.15) is 0 Å². The predicted molar refractivity (Wildman–Crippen MR) is 92.7 cm³/mol. The maximum Gasteiger partial charge on any atom is 0.449 e. The minimum Gasteiger partial charge on any atom is -0.397 e. The van der Waals surface area contributed by atoms with E-state index in [0.29, 0.717) is 22.6 Å². The van der Waals surface area contributed by atoms with Crippen LogP contribution in [-0.4, -0.2) is 9.97 Å². The number of H-pyrrole nitrogens is 1. The number of hydrogen-bond donors (Lipinski definition) is 3. The van der Waals surface area contributed by atoms with Crippen LogP contribution in [0.15, 0.2) is 54.6 Å². The number of nitrogens with two attached hydrogens (primary N) is 1. The average molecular weight is 342 g/mol. The Morgan fingerprint density at radius 3 is 2.60 bits per heavy atom. The van der Waals surface area contributed by atoms with Gasteiger partial charge in [-0.3, -0.25) is 0 Å². The van der Waals surface area contributed by atoms with Crippen molar-refractivity contribution in [2.45, 2.75) is 6.18 Å². The maximum atomic E-state index is 12.7. The van der Waals surface area contributed by atoms with Crippen LogP contribution in [0.5, 0.6) is 0 Å². The third-order valence-corrected chi connectivity index (χ3v) is 4.00. The quantitative estimate of drug-likeness (QED) is 0.446. The average Bonchev–Trinajstić information content (AvgIpc) is 3.01. The van der Waals surface area contributed by atoms with Crippen LogP contribution in [0, 0.1) is 0 Å². The van der Waals surface area contributed by atoms with Gasteiger partial charge in [0, 0.05) is 11.1 Å². The lowest BCUT2D eigenvalue weighted by molar-refractivity contribution is -0.144. The molecule has 0 aliphatic rings. The van der Waals surface area contributed by atoms with Crippen LogP contribution in [0.3, 0.4) is 0 Å². The number of hydrogen-bond acceptors (Lipinski definition) is 3. The molecule has 25 heavy (non-hydrogen) atoms. The van der Waals surface area contributed by atoms with Crippen molar-refractivity contribution in [2.75, 3.05) is 11.1 Å². The zero-order chi connectivity index (χ0) is 17.6. The Labute approximate surface area is 140 Å². The van der Waals surface area contributed by atoms with E-state index in [1.54, 1.807) is 12.1 Å². The number of fused-ring (bicyclic) bond motifs is 2. The molecule has 0 saturated carbocycles. The third-order valence-electron chi connectivity index (χ3n) is 4.00. The van der Waals surface area contributed by atoms with Crippen molar-refractivity contribution in [1.82, 2.24) is 9.97 Å². The van der Waals surface area contributed by atoms with Gasteiger partial charge in [0.25, 0.3) is 0 Å². The molecule has 4 rings (SSSR count). The van der Waals surface area contributed by atoms with Crippen LogP contribution in [0.25, 0.3) is 21.8 Å². The van der Waals surface area contributed by atoms with Crippen molar-refractivity contribution < 1.29 is 13.2 Å². The van der Waals surface area contributed by atoms with Gasteiger partial charge in [-0.05, 0) is 29.7 Å². The highest BCUT2D eigenvalue weighted by atomic mass is 19.4. The number of benzene rings is 3. The Bertz CT molecular complexity index is 1080. The van der Waals surface area contributed by atoms with Gasteiger partial charge in [0.2, 0.25) is 5.82 Å². The van der Waals surface area contributed by atoms with E-state index in [0.717, 1.165) is 10.8 Å². The summed E-state index contributed by atoms with van der Waals surface area (Å²) in [5.41, 5.74) is 8.65. The molecule has 0 bridgehead atoms. The van der Waals surface area contributed by atoms with Crippen molar-refractivity contribution in [1.29, 1.82) is 0 Å². The molecule has 7 heteroatoms. The van der Waals surface area contributed by atoms with Crippen LogP contribution in [0.2, 0.25) is 0 Å². The molecule has 4 aromatic rings. The summed E-state index contributed by atoms with van der Waals surface area (Å²) in [4.78, 5) is 5.86. The zero-order valence-electron chi connectivity index (χ0n) is 12.9. The first kappa shape index (κ1) is 15.3. The zero-order valence-corrected chi connectivity index (χ0v) is 12.9. The fourth-order valence-corrected chi connectivity index (χ4v) is 2.78. The molecule has 0 fully saturated rings. The molecule has 0 spiro atoms. The van der Waals surface area contributed by atoms with E-state index in [1.807, 2.05) is 36.4 Å². The first-order valence-electron chi connectivity index (χ1n) is 7.53. The molecule has 4 nitrogen and oxygen atoms in total. The van der Waals surface area contributed by atoms with Crippen LogP contribution in [0.4, 0.5) is 30.2 Å². The van der Waals surface area contributed by atoms with E-state index in [9.17, 15) is 13.2 Å². The van der Waals surface area contributed by atoms with E-state index in [2.05, 4.69) is 15.3 Å². The monoisotopic (exact) mass is 342 g/mol. The molecule has 1 heterocycles. The third kappa shape index (κ3) is 2.73. The Morgan fingerprint density at radius 2 is 1.80 bits per heavy atom. The highest BCUT2D eigenvalue weighted by molar-refractivity contribution is 6.00. The van der Waals surface area contributed by atoms with E-state index < -0.39 is 12.0 Å². The van der Waals surface area contributed by atoms with Crippen LogP contribution < -0.4 is 11.1 Å². The predicted octanol–water partition coefficient (Wildman–Crippen LogP) is 5.06. The number of halogens is 3. The summed E-state index contributed by atoms with van der Waals surface area (Å²) in [6.07, 6.45) is -4.50. The molecule has 0 aliphatic carbocycles. The standard InChI is InChI=1S/C18H13F3N4/c19-18(20,21)17-24-13-8-6-11(9-15(13)25-17)23-14-7-5-10-3-1-2-4-12(10)16(14)22/h1-9,23H,22H2,(H,24,25). The fraction of sp³-hybridized carbons (Fsp3) is 0.0556. The lowest BCUT2D eigenvalue weighted by atomic mass is 10.1. The molecule has 1 aromatic heterocycles. The lowest BCUT2D eigenvalue weighted by Gasteiger charge is -2.11. The minimum absolute atomic E-state index is 0.254. The number of anilines is 3. The topological polar surface area (TPSA) is 66.7 Å². The second-order valence-corrected chi connectivity index (χ2v) is 5.69. The summed E-state index contributed by atoms with van der Waals surface area (Å²) >= 11 is 0. The Balaban J connectivity index is 1.72. The molecule has 0 amide bonds. The molecule has 3 aromatic carbocycles. The Kier molecular flexibility index (Phi) is 3.31. The highest BCUT2D eigenvalue weighted by Crippen LogP contribution is 2.32. The summed E-state index contributed by atoms with van der Waals surface area (Å²) in [7, 11) is 0. The van der Waals surface area contributed by atoms with E-state index in [-0.39, 0.29) is 5.52 Å². The van der Waals surface area contributed by atoms with Gasteiger partial charge in [-0.1, -0.05) is 30.3 Å². The van der Waals surface area contributed by atoms with Crippen molar-refractivity contribution in [3.05, 3.63) is 60.4 Å². The summed E-state index contributed by atoms with van der Waals surface area (Å²) in [5, 5.41) is 5.08. The van der Waals surface area contributed by atoms with E-state index in [1.165, 1.54) is 6.07 Å². The second kappa shape index (κ2) is 5.41. The lowest BCUT2D eigenvalue weighted by Crippen LogP contribution is -2.06. The molecular weight excluding hydrogens is 329 g/mol. The summed E-state index contributed by atoms with van der Waals surface area (Å²) in [5.74, 6) is -1.01. The largest absolute Gasteiger partial charge is 0.449 e. The molecule has 0 aliphatic heterocycles. The molecule has 126 valence electrons. The Morgan fingerprint density at radius 1 is 1.00 bits per heavy atom. The minimum atomic E-state index is -4.50. The number of rotatable bonds is 2. The summed E-state index contributed by atoms with van der Waals surface area (Å²) in [6, 6.07) is 16.3. The molecule has 0 saturated heterocycles. The number of nitrogens with zero attached hydrogens (tertiary/aromatic N) is 1. The fourth-order valence-electron chi connectivity index (χ4n) is 2.78. The van der Waals surface area contributed by atoms with Gasteiger partial charge in [0.05, 0.1) is 22.4 Å². The van der Waals surface area contributed by atoms with Crippen molar-refractivity contribution in [3.63, 3.8) is 0 Å². The molecule has 0 radical (unpaired) electrons. The number of alkyl halides is 3. The maximum absolute atomic E-state index is 12.7. The SMILES string of the molecule is Nc1c(Nc2ccc3nc(C(F)(F)F)[nH]c3c2)ccc2ccccc12. The molecular formula is C18H13F3N4. The van der Waals surface area contributed by atoms with Crippen LogP contribution >= 0.6 is 0 Å². The normalized spacial score (nSPS) is 12.0. The number of nitrogens with one attached hydrogen (secondary N) is 2. The number of aromatic nitrogens is 2. The van der Waals surface area contributed by atoms with Crippen molar-refractivity contribution >= 4 is 38.9 Å². The summed E-state index contributed by atoms with van der Waals surface area (Å²) < 4.78 is 38.2. The van der Waals surface area contributed by atoms with Gasteiger partial charge in [0.15, 0.2) is 0 Å². The van der Waals surface area contributed by atoms with Gasteiger partial charge in [-0.25, -0.2) is 4.98 Å². The molecule has 0 atom stereocenters. The van der Waals surface area contributed by atoms with Crippen molar-refractivity contribution in [2.24, 2.45) is 0 Å². The Hall–Kier alpha value is -3.22. The van der Waals surface area contributed by atoms with Gasteiger partial charge in [-0.15, -0.1) is 0 Å². The van der Waals surface area contributed by atoms with Crippen LogP contribution in [0.1, 0.15) is 5.82 Å². The van der Waals surface area contributed by atoms with E-state index in [4.69, 9.17) is 5.73 Å². The first-order chi connectivity index (χ1) is 11.9. The number of aromatic amines is 1. The number of nitrogen functional groups attached to an aromatic ring is 1. The number of imidazole rings is 1. The summed E-state index contributed by atoms with van der Waals surface area (Å²) in [6.45, 7) is 0. The van der Waals surface area contributed by atoms with Crippen molar-refractivity contribution in [3.8, 4) is 0 Å². The van der Waals surface area contributed by atoms with Crippen LogP contribution in [-0.2, 0) is 6.18 Å². The van der Waals surface area contributed by atoms with Gasteiger partial charge in [-0.2, -0.15) is 13.2 Å². The molecule has 4 N–H and O–H groups in total. The van der Waals surface area contributed by atoms with E-state index >= 15 is 0 Å². The van der Waals surface area contributed by atoms with Gasteiger partial charge >= 0.3 is 6.18 Å². The molecule has 0 unspecified atom stereocenters.